The minimum atomic E-state index is -0.459. The summed E-state index contributed by atoms with van der Waals surface area (Å²) in [4.78, 5) is 31.3. The van der Waals surface area contributed by atoms with Crippen molar-refractivity contribution in [2.75, 3.05) is 0 Å². The van der Waals surface area contributed by atoms with Gasteiger partial charge in [-0.05, 0) is 79.6 Å². The number of nitrogens with zero attached hydrogens (tertiary/aromatic N) is 2. The molecule has 0 saturated heterocycles. The van der Waals surface area contributed by atoms with Crippen molar-refractivity contribution in [2.24, 2.45) is 11.1 Å². The highest BCUT2D eigenvalue weighted by molar-refractivity contribution is 7.08. The maximum Gasteiger partial charge on any atom is 0.365 e. The molecule has 0 bridgehead atoms. The van der Waals surface area contributed by atoms with Crippen LogP contribution in [0.1, 0.15) is 77.3 Å². The van der Waals surface area contributed by atoms with E-state index >= 15 is 0 Å². The monoisotopic (exact) mass is 548 g/mol. The second-order valence-electron chi connectivity index (χ2n) is 10.5. The third kappa shape index (κ3) is 5.24. The fraction of sp³-hybridized carbons (Fsp3) is 0.265. The first kappa shape index (κ1) is 26.2. The van der Waals surface area contributed by atoms with E-state index in [0.29, 0.717) is 22.6 Å². The van der Waals surface area contributed by atoms with Gasteiger partial charge in [-0.25, -0.2) is 4.79 Å². The number of oxime groups is 1. The van der Waals surface area contributed by atoms with Crippen molar-refractivity contribution in [2.45, 2.75) is 52.0 Å². The maximum atomic E-state index is 13.1. The minimum Gasteiger partial charge on any atom is -0.341 e. The van der Waals surface area contributed by atoms with Gasteiger partial charge in [0, 0.05) is 50.4 Å². The van der Waals surface area contributed by atoms with E-state index in [1.54, 1.807) is 12.1 Å². The molecule has 1 aliphatic carbocycles. The molecule has 40 heavy (non-hydrogen) atoms. The van der Waals surface area contributed by atoms with E-state index in [9.17, 15) is 9.59 Å². The Bertz CT molecular complexity index is 1690. The van der Waals surface area contributed by atoms with E-state index in [1.165, 1.54) is 37.0 Å². The molecule has 0 unspecified atom stereocenters. The number of fused-ring (bicyclic) bond motifs is 3. The number of hydrogen-bond donors (Lipinski definition) is 0. The molecule has 0 radical (unpaired) electrons. The van der Waals surface area contributed by atoms with E-state index in [1.807, 2.05) is 47.2 Å². The van der Waals surface area contributed by atoms with Gasteiger partial charge in [0.05, 0.1) is 11.3 Å². The number of benzene rings is 3. The van der Waals surface area contributed by atoms with Crippen molar-refractivity contribution in [1.29, 1.82) is 0 Å². The van der Waals surface area contributed by atoms with Crippen LogP contribution in [0.3, 0.4) is 0 Å². The fourth-order valence-corrected chi connectivity index (χ4v) is 6.57. The van der Waals surface area contributed by atoms with Crippen molar-refractivity contribution in [3.63, 3.8) is 0 Å². The van der Waals surface area contributed by atoms with Gasteiger partial charge in [0.1, 0.15) is 0 Å². The van der Waals surface area contributed by atoms with Crippen LogP contribution in [-0.4, -0.2) is 22.0 Å². The molecule has 1 saturated carbocycles. The molecule has 6 rings (SSSR count). The molecule has 0 N–H and O–H groups in total. The molecule has 202 valence electrons. The van der Waals surface area contributed by atoms with Crippen LogP contribution in [-0.2, 0) is 11.4 Å². The van der Waals surface area contributed by atoms with Crippen molar-refractivity contribution >= 4 is 50.6 Å². The van der Waals surface area contributed by atoms with Gasteiger partial charge in [0.2, 0.25) is 0 Å². The lowest BCUT2D eigenvalue weighted by molar-refractivity contribution is 0.0515. The third-order valence-corrected chi connectivity index (χ3v) is 8.76. The number of aryl methyl sites for hydroxylation is 1. The molecule has 0 aliphatic heterocycles. The first-order valence-corrected chi connectivity index (χ1v) is 15.0. The first-order valence-electron chi connectivity index (χ1n) is 14.1. The smallest absolute Gasteiger partial charge is 0.341 e. The van der Waals surface area contributed by atoms with Gasteiger partial charge < -0.3 is 9.40 Å². The summed E-state index contributed by atoms with van der Waals surface area (Å²) in [6.45, 7) is 2.95. The van der Waals surface area contributed by atoms with Gasteiger partial charge in [-0.15, -0.1) is 0 Å². The van der Waals surface area contributed by atoms with Crippen molar-refractivity contribution < 1.29 is 14.4 Å². The second-order valence-corrected chi connectivity index (χ2v) is 11.3. The Morgan fingerprint density at radius 3 is 2.25 bits per heavy atom. The number of hydrogen-bond acceptors (Lipinski definition) is 5. The molecule has 2 heterocycles. The highest BCUT2D eigenvalue weighted by Gasteiger charge is 2.19. The Morgan fingerprint density at radius 1 is 0.875 bits per heavy atom. The summed E-state index contributed by atoms with van der Waals surface area (Å²) in [5, 5.41) is 10.4. The van der Waals surface area contributed by atoms with Crippen LogP contribution >= 0.6 is 11.3 Å². The molecular formula is C34H32N2O3S. The molecule has 0 atom stereocenters. The van der Waals surface area contributed by atoms with Gasteiger partial charge >= 0.3 is 5.97 Å². The SMILES string of the molecule is CCn1c2ccc(C(=O)c3ccsc3)cc2c2cc(/C(CCC3CCCC3)=N\OC(=O)c3ccccc3)ccc21. The number of carbonyl (C=O) groups is 2. The topological polar surface area (TPSA) is 60.7 Å². The summed E-state index contributed by atoms with van der Waals surface area (Å²) in [5.41, 5.74) is 5.79. The number of rotatable bonds is 9. The zero-order valence-electron chi connectivity index (χ0n) is 22.6. The normalized spacial score (nSPS) is 14.3. The molecule has 5 aromatic rings. The summed E-state index contributed by atoms with van der Waals surface area (Å²) in [6.07, 6.45) is 6.84. The van der Waals surface area contributed by atoms with Gasteiger partial charge in [-0.3, -0.25) is 4.79 Å². The first-order chi connectivity index (χ1) is 19.6. The van der Waals surface area contributed by atoms with Crippen LogP contribution < -0.4 is 0 Å². The Balaban J connectivity index is 1.40. The maximum absolute atomic E-state index is 13.1. The zero-order chi connectivity index (χ0) is 27.5. The second kappa shape index (κ2) is 11.6. The third-order valence-electron chi connectivity index (χ3n) is 8.07. The summed E-state index contributed by atoms with van der Waals surface area (Å²) in [6, 6.07) is 23.2. The lowest BCUT2D eigenvalue weighted by atomic mass is 9.96. The predicted octanol–water partition coefficient (Wildman–Crippen LogP) is 8.64. The lowest BCUT2D eigenvalue weighted by Gasteiger charge is -2.11. The standard InChI is InChI=1S/C34H32N2O3S/c1-2-36-31-16-13-25(20-28(31)29-21-26(14-17-32(29)36)33(37)27-18-19-40-22-27)30(15-12-23-8-6-7-9-23)35-39-34(38)24-10-4-3-5-11-24/h3-5,10-11,13-14,16-23H,2,6-9,12,15H2,1H3/b35-30-. The lowest BCUT2D eigenvalue weighted by Crippen LogP contribution is -2.08. The van der Waals surface area contributed by atoms with E-state index in [-0.39, 0.29) is 5.78 Å². The van der Waals surface area contributed by atoms with Crippen molar-refractivity contribution in [3.05, 3.63) is 106 Å². The molecule has 3 aromatic carbocycles. The van der Waals surface area contributed by atoms with E-state index in [2.05, 4.69) is 40.9 Å². The average Bonchev–Trinajstić information content (AvgIpc) is 3.78. The largest absolute Gasteiger partial charge is 0.365 e. The molecule has 6 heteroatoms. The van der Waals surface area contributed by atoms with Crippen LogP contribution in [0, 0.1) is 5.92 Å². The van der Waals surface area contributed by atoms with Crippen LogP contribution in [0.15, 0.2) is 88.7 Å². The Kier molecular flexibility index (Phi) is 7.60. The molecular weight excluding hydrogens is 516 g/mol. The van der Waals surface area contributed by atoms with E-state index in [4.69, 9.17) is 4.84 Å². The van der Waals surface area contributed by atoms with Crippen LogP contribution in [0.5, 0.6) is 0 Å². The molecule has 5 nitrogen and oxygen atoms in total. The number of carbonyl (C=O) groups excluding carboxylic acids is 2. The number of thiophene rings is 1. The molecule has 0 amide bonds. The van der Waals surface area contributed by atoms with Crippen molar-refractivity contribution in [1.82, 2.24) is 4.57 Å². The van der Waals surface area contributed by atoms with Crippen LogP contribution in [0.2, 0.25) is 0 Å². The summed E-state index contributed by atoms with van der Waals surface area (Å²) >= 11 is 1.53. The molecule has 0 spiro atoms. The van der Waals surface area contributed by atoms with Crippen molar-refractivity contribution in [3.8, 4) is 0 Å². The highest BCUT2D eigenvalue weighted by Crippen LogP contribution is 2.33. The Morgan fingerprint density at radius 2 is 1.57 bits per heavy atom. The van der Waals surface area contributed by atoms with Gasteiger partial charge in [-0.2, -0.15) is 11.3 Å². The quantitative estimate of drug-likeness (QED) is 0.0801. The van der Waals surface area contributed by atoms with E-state index in [0.717, 1.165) is 52.5 Å². The van der Waals surface area contributed by atoms with Gasteiger partial charge in [0.25, 0.3) is 0 Å². The number of ketones is 1. The highest BCUT2D eigenvalue weighted by atomic mass is 32.1. The summed E-state index contributed by atoms with van der Waals surface area (Å²) in [5.74, 6) is 0.258. The summed E-state index contributed by atoms with van der Waals surface area (Å²) < 4.78 is 2.28. The molecule has 1 aliphatic rings. The van der Waals surface area contributed by atoms with E-state index < -0.39 is 5.97 Å². The summed E-state index contributed by atoms with van der Waals surface area (Å²) in [7, 11) is 0. The average molecular weight is 549 g/mol. The van der Waals surface area contributed by atoms with Gasteiger partial charge in [-0.1, -0.05) is 55.1 Å². The van der Waals surface area contributed by atoms with Gasteiger partial charge in [0.15, 0.2) is 5.78 Å². The fourth-order valence-electron chi connectivity index (χ4n) is 5.93. The zero-order valence-corrected chi connectivity index (χ0v) is 23.5. The Hall–Kier alpha value is -4.03. The Labute approximate surface area is 238 Å². The van der Waals surface area contributed by atoms with Crippen LogP contribution in [0.25, 0.3) is 21.8 Å². The molecule has 2 aromatic heterocycles. The molecule has 1 fully saturated rings. The number of aromatic nitrogens is 1. The van der Waals surface area contributed by atoms with Crippen LogP contribution in [0.4, 0.5) is 0 Å². The predicted molar refractivity (Wildman–Crippen MR) is 162 cm³/mol. The minimum absolute atomic E-state index is 0.0309.